The van der Waals surface area contributed by atoms with E-state index >= 15 is 0 Å². The molecule has 0 radical (unpaired) electrons. The van der Waals surface area contributed by atoms with E-state index in [2.05, 4.69) is 20.3 Å². The number of carbonyl (C=O) groups is 1. The van der Waals surface area contributed by atoms with Gasteiger partial charge in [0, 0.05) is 38.5 Å². The summed E-state index contributed by atoms with van der Waals surface area (Å²) in [6.07, 6.45) is 4.08. The van der Waals surface area contributed by atoms with Crippen LogP contribution < -0.4 is 5.32 Å². The Kier molecular flexibility index (Phi) is 7.96. The summed E-state index contributed by atoms with van der Waals surface area (Å²) in [6.45, 7) is 4.95. The van der Waals surface area contributed by atoms with E-state index in [1.165, 1.54) is 12.1 Å². The Hall–Kier alpha value is -3.41. The van der Waals surface area contributed by atoms with Crippen LogP contribution in [-0.2, 0) is 19.0 Å². The van der Waals surface area contributed by atoms with Crippen molar-refractivity contribution in [3.8, 4) is 22.6 Å². The van der Waals surface area contributed by atoms with Gasteiger partial charge in [-0.25, -0.2) is 19.3 Å². The number of carbonyl (C=O) groups excluding carboxylic acids is 1. The summed E-state index contributed by atoms with van der Waals surface area (Å²) in [6, 6.07) is 7.86. The zero-order valence-corrected chi connectivity index (χ0v) is 21.7. The molecule has 10 nitrogen and oxygen atoms in total. The number of methoxy groups -OCH3 is 1. The van der Waals surface area contributed by atoms with Crippen LogP contribution in [0.1, 0.15) is 38.3 Å². The number of aromatic nitrogens is 4. The number of halogens is 1. The van der Waals surface area contributed by atoms with E-state index in [0.717, 1.165) is 32.4 Å². The summed E-state index contributed by atoms with van der Waals surface area (Å²) in [5.74, 6) is 0.615. The maximum atomic E-state index is 13.7. The number of nitrogens with zero attached hydrogens (tertiary/aromatic N) is 4. The van der Waals surface area contributed by atoms with Gasteiger partial charge in [0.25, 0.3) is 0 Å². The van der Waals surface area contributed by atoms with Gasteiger partial charge in [-0.2, -0.15) is 0 Å². The molecular weight excluding hydrogens is 491 g/mol. The van der Waals surface area contributed by atoms with E-state index < -0.39 is 11.7 Å². The number of nitrogens with one attached hydrogen (secondary N) is 2. The van der Waals surface area contributed by atoms with Gasteiger partial charge in [-0.1, -0.05) is 0 Å². The van der Waals surface area contributed by atoms with Crippen molar-refractivity contribution in [2.24, 2.45) is 5.41 Å². The van der Waals surface area contributed by atoms with Crippen LogP contribution in [0.25, 0.3) is 22.6 Å². The minimum Gasteiger partial charge on any atom is -0.383 e. The predicted molar refractivity (Wildman–Crippen MR) is 139 cm³/mol. The van der Waals surface area contributed by atoms with E-state index in [-0.39, 0.29) is 24.9 Å². The van der Waals surface area contributed by atoms with E-state index in [0.29, 0.717) is 47.6 Å². The second-order valence-corrected chi connectivity index (χ2v) is 9.91. The molecule has 0 atom stereocenters. The van der Waals surface area contributed by atoms with E-state index in [9.17, 15) is 9.18 Å². The molecule has 2 aromatic heterocycles. The molecule has 2 saturated heterocycles. The molecule has 0 spiro atoms. The topological polar surface area (TPSA) is 114 Å². The fraction of sp³-hybridized carbons (Fsp3) is 0.481. The summed E-state index contributed by atoms with van der Waals surface area (Å²) in [5.41, 5.74) is 1.75. The normalized spacial score (nSPS) is 21.9. The number of benzene rings is 1. The number of H-pyrrole nitrogens is 1. The highest BCUT2D eigenvalue weighted by atomic mass is 19.1. The molecule has 11 heteroatoms. The fourth-order valence-corrected chi connectivity index (χ4v) is 4.72. The van der Waals surface area contributed by atoms with Gasteiger partial charge >= 0.3 is 0 Å². The second kappa shape index (κ2) is 11.5. The van der Waals surface area contributed by atoms with Crippen LogP contribution in [0.15, 0.2) is 36.5 Å². The number of hydrogen-bond donors (Lipinski definition) is 2. The van der Waals surface area contributed by atoms with Crippen molar-refractivity contribution in [1.82, 2.24) is 24.8 Å². The standard InChI is InChI=1S/C27H33FN6O4/c1-27(25(35)34-13-4-3-5-14-34)16-37-24(38-17-27)23-32-21(18-6-8-19(28)9-7-18)22(33-23)20-10-11-29-26(31-20)30-12-15-36-2/h6-11,24H,3-5,12-17H2,1-2H3,(H,32,33)(H,29,30,31). The molecule has 0 aliphatic carbocycles. The highest BCUT2D eigenvalue weighted by Gasteiger charge is 2.43. The van der Waals surface area contributed by atoms with Gasteiger partial charge in [0.05, 0.1) is 42.3 Å². The highest BCUT2D eigenvalue weighted by molar-refractivity contribution is 5.83. The van der Waals surface area contributed by atoms with Crippen molar-refractivity contribution in [2.75, 3.05) is 51.9 Å². The Morgan fingerprint density at radius 1 is 1.16 bits per heavy atom. The van der Waals surface area contributed by atoms with Crippen molar-refractivity contribution >= 4 is 11.9 Å². The minimum atomic E-state index is -0.786. The third-order valence-electron chi connectivity index (χ3n) is 6.83. The highest BCUT2D eigenvalue weighted by Crippen LogP contribution is 2.36. The molecule has 4 heterocycles. The smallest absolute Gasteiger partial charge is 0.233 e. The van der Waals surface area contributed by atoms with Crippen LogP contribution >= 0.6 is 0 Å². The fourth-order valence-electron chi connectivity index (χ4n) is 4.72. The summed E-state index contributed by atoms with van der Waals surface area (Å²) in [4.78, 5) is 32.1. The number of imidazole rings is 1. The monoisotopic (exact) mass is 524 g/mol. The van der Waals surface area contributed by atoms with E-state index in [4.69, 9.17) is 19.2 Å². The summed E-state index contributed by atoms with van der Waals surface area (Å²) in [7, 11) is 1.63. The van der Waals surface area contributed by atoms with Crippen LogP contribution in [0.3, 0.4) is 0 Å². The zero-order chi connectivity index (χ0) is 26.5. The SMILES string of the molecule is COCCNc1nccc(-c2[nH]c(C3OCC(C)(C(=O)N4CCCCC4)CO3)nc2-c2ccc(F)cc2)n1. The molecule has 1 amide bonds. The largest absolute Gasteiger partial charge is 0.383 e. The molecule has 202 valence electrons. The van der Waals surface area contributed by atoms with Crippen LogP contribution in [0.4, 0.5) is 10.3 Å². The number of anilines is 1. The van der Waals surface area contributed by atoms with Crippen molar-refractivity contribution in [2.45, 2.75) is 32.5 Å². The minimum absolute atomic E-state index is 0.0669. The molecule has 38 heavy (non-hydrogen) atoms. The van der Waals surface area contributed by atoms with Crippen LogP contribution in [0, 0.1) is 11.2 Å². The third kappa shape index (κ3) is 5.69. The summed E-state index contributed by atoms with van der Waals surface area (Å²) in [5, 5.41) is 3.12. The van der Waals surface area contributed by atoms with Crippen LogP contribution in [0.2, 0.25) is 0 Å². The molecule has 0 saturated carbocycles. The predicted octanol–water partition coefficient (Wildman–Crippen LogP) is 3.80. The lowest BCUT2D eigenvalue weighted by atomic mass is 9.89. The molecule has 2 fully saturated rings. The molecule has 2 N–H and O–H groups in total. The van der Waals surface area contributed by atoms with Gasteiger partial charge in [-0.05, 0) is 56.5 Å². The maximum absolute atomic E-state index is 13.7. The first-order chi connectivity index (χ1) is 18.5. The van der Waals surface area contributed by atoms with Gasteiger partial charge in [-0.3, -0.25) is 4.79 Å². The third-order valence-corrected chi connectivity index (χ3v) is 6.83. The van der Waals surface area contributed by atoms with Crippen LogP contribution in [-0.4, -0.2) is 77.3 Å². The number of hydrogen-bond acceptors (Lipinski definition) is 8. The Bertz CT molecular complexity index is 1240. The quantitative estimate of drug-likeness (QED) is 0.428. The van der Waals surface area contributed by atoms with Gasteiger partial charge in [0.1, 0.15) is 5.82 Å². The number of amides is 1. The number of likely N-dealkylation sites (tertiary alicyclic amines) is 1. The molecule has 0 bridgehead atoms. The maximum Gasteiger partial charge on any atom is 0.233 e. The lowest BCUT2D eigenvalue weighted by Crippen LogP contribution is -2.51. The van der Waals surface area contributed by atoms with Crippen molar-refractivity contribution in [3.63, 3.8) is 0 Å². The number of piperidine rings is 1. The molecular formula is C27H33FN6O4. The molecule has 2 aliphatic rings. The Labute approximate surface area is 220 Å². The molecule has 2 aliphatic heterocycles. The van der Waals surface area contributed by atoms with Gasteiger partial charge in [-0.15, -0.1) is 0 Å². The van der Waals surface area contributed by atoms with Gasteiger partial charge < -0.3 is 29.4 Å². The number of rotatable bonds is 8. The zero-order valence-electron chi connectivity index (χ0n) is 21.7. The van der Waals surface area contributed by atoms with Crippen molar-refractivity contribution in [1.29, 1.82) is 0 Å². The lowest BCUT2D eigenvalue weighted by Gasteiger charge is -2.40. The first-order valence-corrected chi connectivity index (χ1v) is 12.9. The molecule has 1 aromatic carbocycles. The lowest BCUT2D eigenvalue weighted by molar-refractivity contribution is -0.234. The van der Waals surface area contributed by atoms with E-state index in [1.54, 1.807) is 31.5 Å². The van der Waals surface area contributed by atoms with Crippen molar-refractivity contribution in [3.05, 3.63) is 48.2 Å². The number of ether oxygens (including phenoxy) is 3. The van der Waals surface area contributed by atoms with Crippen molar-refractivity contribution < 1.29 is 23.4 Å². The van der Waals surface area contributed by atoms with E-state index in [1.807, 2.05) is 11.8 Å². The first kappa shape index (κ1) is 26.2. The Balaban J connectivity index is 1.39. The Morgan fingerprint density at radius 3 is 2.61 bits per heavy atom. The van der Waals surface area contributed by atoms with Gasteiger partial charge in [0.2, 0.25) is 18.1 Å². The summed E-state index contributed by atoms with van der Waals surface area (Å²) < 4.78 is 30.9. The van der Waals surface area contributed by atoms with Gasteiger partial charge in [0.15, 0.2) is 5.82 Å². The summed E-state index contributed by atoms with van der Waals surface area (Å²) >= 11 is 0. The second-order valence-electron chi connectivity index (χ2n) is 9.91. The molecule has 5 rings (SSSR count). The molecule has 0 unspecified atom stereocenters. The Morgan fingerprint density at radius 2 is 1.89 bits per heavy atom. The molecule has 3 aromatic rings. The average molecular weight is 525 g/mol. The number of aromatic amines is 1. The van der Waals surface area contributed by atoms with Crippen LogP contribution in [0.5, 0.6) is 0 Å². The first-order valence-electron chi connectivity index (χ1n) is 12.9. The average Bonchev–Trinajstić information content (AvgIpc) is 3.40.